The number of phosphoric ester groups is 3. The van der Waals surface area contributed by atoms with Crippen LogP contribution in [0.5, 0.6) is 0 Å². The highest BCUT2D eigenvalue weighted by Gasteiger charge is 2.61. The summed E-state index contributed by atoms with van der Waals surface area (Å²) in [5.74, 6) is -2.74. The summed E-state index contributed by atoms with van der Waals surface area (Å²) in [7, 11) is -16.7. The second-order valence-electron chi connectivity index (χ2n) is 12.6. The number of amidine groups is 1. The van der Waals surface area contributed by atoms with E-state index in [4.69, 9.17) is 19.5 Å². The molecule has 3 heterocycles. The fraction of sp³-hybridized carbons (Fsp3) is 0.720. The molecule has 54 heavy (non-hydrogen) atoms. The maximum atomic E-state index is 13.4. The third-order valence-electron chi connectivity index (χ3n) is 7.77. The fourth-order valence-electron chi connectivity index (χ4n) is 5.21. The van der Waals surface area contributed by atoms with E-state index in [1.807, 2.05) is 0 Å². The minimum atomic E-state index is -5.66. The first-order chi connectivity index (χ1) is 24.9. The van der Waals surface area contributed by atoms with Crippen LogP contribution in [-0.4, -0.2) is 151 Å². The van der Waals surface area contributed by atoms with Crippen LogP contribution in [0, 0.1) is 5.41 Å². The molecule has 8 atom stereocenters. The van der Waals surface area contributed by atoms with Crippen LogP contribution in [0.4, 0.5) is 0 Å². The maximum Gasteiger partial charge on any atom is 0.481 e. The first-order valence-electron chi connectivity index (χ1n) is 15.6. The Morgan fingerprint density at radius 3 is 2.39 bits per heavy atom. The number of nitrogens with two attached hydrogens (primary N) is 1. The Labute approximate surface area is 312 Å². The minimum absolute atomic E-state index is 0.125. The lowest BCUT2D eigenvalue weighted by atomic mass is 9.87. The van der Waals surface area contributed by atoms with Crippen molar-refractivity contribution in [3.63, 3.8) is 0 Å². The lowest BCUT2D eigenvalue weighted by molar-refractivity contribution is -0.145. The van der Waals surface area contributed by atoms with Crippen molar-refractivity contribution >= 4 is 77.4 Å². The normalized spacial score (nSPS) is 27.2. The highest BCUT2D eigenvalue weighted by molar-refractivity contribution is 7.80. The Morgan fingerprint density at radius 1 is 1.13 bits per heavy atom. The summed E-state index contributed by atoms with van der Waals surface area (Å²) in [6.07, 6.45) is -9.67. The number of aliphatic imine (C=N–C) groups is 3. The van der Waals surface area contributed by atoms with Crippen molar-refractivity contribution < 1.29 is 85.3 Å². The Kier molecular flexibility index (Phi) is 15.6. The molecule has 0 aromatic heterocycles. The number of carbonyl (C=O) groups excluding carboxylic acids is 4. The molecule has 3 aliphatic heterocycles. The minimum Gasteiger partial charge on any atom is -0.386 e. The van der Waals surface area contributed by atoms with Gasteiger partial charge in [0.05, 0.1) is 26.3 Å². The number of thiol groups is 1. The predicted molar refractivity (Wildman–Crippen MR) is 186 cm³/mol. The second-order valence-corrected chi connectivity index (χ2v) is 17.2. The van der Waals surface area contributed by atoms with Gasteiger partial charge in [-0.25, -0.2) is 28.6 Å². The Bertz CT molecular complexity index is 1690. The van der Waals surface area contributed by atoms with Gasteiger partial charge in [0, 0.05) is 30.7 Å². The topological polar surface area (TPSA) is 377 Å². The zero-order valence-corrected chi connectivity index (χ0v) is 32.4. The van der Waals surface area contributed by atoms with Crippen LogP contribution in [0.15, 0.2) is 15.0 Å². The second kappa shape index (κ2) is 18.3. The van der Waals surface area contributed by atoms with Gasteiger partial charge in [-0.15, -0.1) is 0 Å². The molecule has 10 N–H and O–H groups in total. The quantitative estimate of drug-likeness (QED) is 0.0314. The molecule has 0 bridgehead atoms. The molecule has 0 saturated carbocycles. The van der Waals surface area contributed by atoms with E-state index in [2.05, 4.69) is 47.1 Å². The number of amides is 2. The molecule has 0 aromatic carbocycles. The number of ether oxygens (including phenoxy) is 1. The van der Waals surface area contributed by atoms with Crippen molar-refractivity contribution in [1.29, 1.82) is 0 Å². The van der Waals surface area contributed by atoms with Crippen LogP contribution in [0.25, 0.3) is 0 Å². The van der Waals surface area contributed by atoms with E-state index in [0.717, 1.165) is 18.2 Å². The molecule has 3 unspecified atom stereocenters. The third-order valence-corrected chi connectivity index (χ3v) is 11.1. The number of nitrogens with one attached hydrogen (secondary N) is 2. The zero-order chi connectivity index (χ0) is 40.9. The predicted octanol–water partition coefficient (Wildman–Crippen LogP) is -2.90. The molecule has 0 spiro atoms. The van der Waals surface area contributed by atoms with Gasteiger partial charge in [0.15, 0.2) is 11.6 Å². The summed E-state index contributed by atoms with van der Waals surface area (Å²) in [6, 6.07) is 0. The molecule has 3 aliphatic rings. The average molecular weight is 854 g/mol. The van der Waals surface area contributed by atoms with Gasteiger partial charge in [-0.2, -0.15) is 16.9 Å². The van der Waals surface area contributed by atoms with E-state index in [9.17, 15) is 62.7 Å². The van der Waals surface area contributed by atoms with Gasteiger partial charge in [-0.3, -0.25) is 37.7 Å². The van der Waals surface area contributed by atoms with Crippen LogP contribution in [-0.2, 0) is 55.5 Å². The van der Waals surface area contributed by atoms with E-state index < -0.39 is 115 Å². The summed E-state index contributed by atoms with van der Waals surface area (Å²) >= 11 is 3.95. The summed E-state index contributed by atoms with van der Waals surface area (Å²) in [4.78, 5) is 102. The van der Waals surface area contributed by atoms with Crippen molar-refractivity contribution in [3.8, 4) is 0 Å². The number of Topliss-reactive ketones (excluding diaryl/α,β-unsaturated/α-hetero) is 2. The zero-order valence-electron chi connectivity index (χ0n) is 28.9. The maximum absolute atomic E-state index is 13.4. The van der Waals surface area contributed by atoms with Gasteiger partial charge in [-0.1, -0.05) is 13.8 Å². The molecule has 0 aliphatic carbocycles. The van der Waals surface area contributed by atoms with Crippen LogP contribution in [0.1, 0.15) is 33.6 Å². The van der Waals surface area contributed by atoms with Crippen LogP contribution < -0.4 is 16.4 Å². The number of hydrogen-bond donors (Lipinski definition) is 10. The average Bonchev–Trinajstić information content (AvgIpc) is 3.58. The van der Waals surface area contributed by atoms with Crippen molar-refractivity contribution in [2.24, 2.45) is 26.1 Å². The van der Waals surface area contributed by atoms with Gasteiger partial charge < -0.3 is 50.9 Å². The molecule has 2 amide bonds. The van der Waals surface area contributed by atoms with E-state index in [1.54, 1.807) is 0 Å². The van der Waals surface area contributed by atoms with Crippen LogP contribution >= 0.6 is 36.1 Å². The van der Waals surface area contributed by atoms with Crippen molar-refractivity contribution in [2.45, 2.75) is 69.9 Å². The molecule has 0 aromatic rings. The van der Waals surface area contributed by atoms with Crippen molar-refractivity contribution in [1.82, 2.24) is 15.5 Å². The van der Waals surface area contributed by atoms with Gasteiger partial charge in [0.2, 0.25) is 17.5 Å². The monoisotopic (exact) mass is 853 g/mol. The largest absolute Gasteiger partial charge is 0.481 e. The number of ketones is 2. The molecule has 3 rings (SSSR count). The van der Waals surface area contributed by atoms with E-state index in [1.165, 1.54) is 13.8 Å². The molecule has 25 nitrogen and oxygen atoms in total. The number of aliphatic hydroxyl groups excluding tert-OH is 2. The van der Waals surface area contributed by atoms with Gasteiger partial charge in [0.25, 0.3) is 0 Å². The third kappa shape index (κ3) is 11.8. The Morgan fingerprint density at radius 2 is 1.78 bits per heavy atom. The number of fused-ring (bicyclic) bond motifs is 1. The molecular formula is C25H42N7O18P3S. The molecule has 29 heteroatoms. The summed E-state index contributed by atoms with van der Waals surface area (Å²) < 4.78 is 61.3. The highest BCUT2D eigenvalue weighted by Crippen LogP contribution is 2.61. The first kappa shape index (κ1) is 46.0. The smallest absolute Gasteiger partial charge is 0.386 e. The number of nitrogens with zero attached hydrogens (tertiary/aromatic N) is 4. The SMILES string of the molecule is CC(=O)CC(=O)C12N=CN=C(N)C1=NCN2[C@@H]1O[C@H](COP(=O)(O)OP(=O)(O)OCC(C)(C)[C@@H](O)C(=O)NCCC(=O)NCCS)[C@@H](OP(=O)(O)O)[C@H]1O. The number of hydrogen-bond acceptors (Lipinski definition) is 20. The number of rotatable bonds is 21. The Balaban J connectivity index is 1.69. The Hall–Kier alpha value is -2.35. The van der Waals surface area contributed by atoms with Crippen molar-refractivity contribution in [2.75, 3.05) is 38.7 Å². The van der Waals surface area contributed by atoms with Crippen molar-refractivity contribution in [3.05, 3.63) is 0 Å². The highest BCUT2D eigenvalue weighted by atomic mass is 32.1. The lowest BCUT2D eigenvalue weighted by Gasteiger charge is -2.39. The molecule has 1 fully saturated rings. The number of phosphoric acid groups is 3. The van der Waals surface area contributed by atoms with Crippen LogP contribution in [0.2, 0.25) is 0 Å². The molecule has 306 valence electrons. The summed E-state index contributed by atoms with van der Waals surface area (Å²) in [5.41, 5.74) is 1.85. The van der Waals surface area contributed by atoms with Crippen LogP contribution in [0.3, 0.4) is 0 Å². The lowest BCUT2D eigenvalue weighted by Crippen LogP contribution is -2.64. The summed E-state index contributed by atoms with van der Waals surface area (Å²) in [5, 5.41) is 26.5. The van der Waals surface area contributed by atoms with E-state index in [0.29, 0.717) is 12.3 Å². The first-order valence-corrected chi connectivity index (χ1v) is 20.8. The standard InChI is InChI=1S/C25H42N7O18P3S/c1-13(33)8-15(34)25-19(21(26)29-11-31-25)30-12-32(25)23-17(36)18(49-51(39,40)41)14(48-23)9-46-52(42,43)50-53(44,45)47-10-24(2,3)20(37)22(38)28-5-4-16(35)27-6-7-54/h11,14,17-18,20,23,36-37,54H,4-10,12H2,1-3H3,(H,27,35)(H,28,38)(H,42,43)(H,44,45)(H2,26,29,31)(H2,39,40,41)/t14-,17-,18-,20+,23-,25?/m1/s1. The van der Waals surface area contributed by atoms with E-state index in [-0.39, 0.29) is 24.5 Å². The van der Waals surface area contributed by atoms with Gasteiger partial charge in [-0.05, 0) is 6.92 Å². The van der Waals surface area contributed by atoms with E-state index >= 15 is 0 Å². The summed E-state index contributed by atoms with van der Waals surface area (Å²) in [6.45, 7) is 1.06. The van der Waals surface area contributed by atoms with Gasteiger partial charge >= 0.3 is 23.5 Å². The van der Waals surface area contributed by atoms with Gasteiger partial charge in [0.1, 0.15) is 48.5 Å². The molecular weight excluding hydrogens is 811 g/mol. The molecule has 1 saturated heterocycles. The number of aliphatic hydroxyl groups is 2. The fourth-order valence-corrected chi connectivity index (χ4v) is 8.15. The number of carbonyl (C=O) groups is 4. The molecule has 0 radical (unpaired) electrons.